The molecule has 0 amide bonds. The number of aryl methyl sites for hydroxylation is 1. The number of hydrogen-bond acceptors (Lipinski definition) is 4. The van der Waals surface area contributed by atoms with E-state index in [1.807, 2.05) is 55.5 Å². The molecule has 0 saturated heterocycles. The summed E-state index contributed by atoms with van der Waals surface area (Å²) in [7, 11) is 1.68. The SMILES string of the molecule is CCOc1ccc(C2CCc3ccc(OCc4ccccc4)cc3O2)c(OC)c1. The van der Waals surface area contributed by atoms with Gasteiger partial charge in [0.25, 0.3) is 0 Å². The Bertz CT molecular complexity index is 952. The molecule has 0 bridgehead atoms. The predicted octanol–water partition coefficient (Wildman–Crippen LogP) is 5.74. The van der Waals surface area contributed by atoms with Crippen molar-refractivity contribution < 1.29 is 18.9 Å². The Labute approximate surface area is 172 Å². The van der Waals surface area contributed by atoms with Crippen LogP contribution in [0.1, 0.15) is 36.1 Å². The second-order valence-electron chi connectivity index (χ2n) is 7.03. The molecule has 1 aliphatic heterocycles. The van der Waals surface area contributed by atoms with E-state index >= 15 is 0 Å². The van der Waals surface area contributed by atoms with Crippen LogP contribution < -0.4 is 18.9 Å². The lowest BCUT2D eigenvalue weighted by molar-refractivity contribution is 0.171. The minimum atomic E-state index is -0.0579. The molecule has 4 nitrogen and oxygen atoms in total. The van der Waals surface area contributed by atoms with Gasteiger partial charge < -0.3 is 18.9 Å². The van der Waals surface area contributed by atoms with E-state index in [1.165, 1.54) is 5.56 Å². The quantitative estimate of drug-likeness (QED) is 0.515. The highest BCUT2D eigenvalue weighted by Gasteiger charge is 2.25. The van der Waals surface area contributed by atoms with Crippen LogP contribution in [0.5, 0.6) is 23.0 Å². The van der Waals surface area contributed by atoms with Crippen molar-refractivity contribution in [1.29, 1.82) is 0 Å². The molecule has 0 spiro atoms. The van der Waals surface area contributed by atoms with Gasteiger partial charge in [-0.05, 0) is 49.1 Å². The molecule has 3 aromatic rings. The van der Waals surface area contributed by atoms with E-state index in [1.54, 1.807) is 7.11 Å². The van der Waals surface area contributed by atoms with Crippen molar-refractivity contribution in [2.75, 3.05) is 13.7 Å². The fraction of sp³-hybridized carbons (Fsp3) is 0.280. The fourth-order valence-corrected chi connectivity index (χ4v) is 3.61. The van der Waals surface area contributed by atoms with Crippen molar-refractivity contribution >= 4 is 0 Å². The summed E-state index contributed by atoms with van der Waals surface area (Å²) in [4.78, 5) is 0. The normalized spacial score (nSPS) is 15.2. The maximum Gasteiger partial charge on any atom is 0.129 e. The van der Waals surface area contributed by atoms with Gasteiger partial charge >= 0.3 is 0 Å². The molecule has 0 saturated carbocycles. The molecule has 0 fully saturated rings. The molecular formula is C25H26O4. The molecule has 0 aliphatic carbocycles. The van der Waals surface area contributed by atoms with Gasteiger partial charge in [-0.1, -0.05) is 36.4 Å². The highest BCUT2D eigenvalue weighted by molar-refractivity contribution is 5.46. The zero-order valence-corrected chi connectivity index (χ0v) is 16.9. The second kappa shape index (κ2) is 8.91. The third-order valence-corrected chi connectivity index (χ3v) is 5.09. The number of rotatable bonds is 7. The Hall–Kier alpha value is -3.14. The number of ether oxygens (including phenoxy) is 4. The maximum atomic E-state index is 6.35. The second-order valence-corrected chi connectivity index (χ2v) is 7.03. The lowest BCUT2D eigenvalue weighted by Crippen LogP contribution is -2.16. The maximum absolute atomic E-state index is 6.35. The molecule has 4 rings (SSSR count). The summed E-state index contributed by atoms with van der Waals surface area (Å²) in [6.45, 7) is 3.14. The van der Waals surface area contributed by atoms with Crippen LogP contribution in [0.3, 0.4) is 0 Å². The van der Waals surface area contributed by atoms with Gasteiger partial charge in [-0.15, -0.1) is 0 Å². The van der Waals surface area contributed by atoms with Crippen molar-refractivity contribution in [3.8, 4) is 23.0 Å². The summed E-state index contributed by atoms with van der Waals surface area (Å²) in [5.41, 5.74) is 3.39. The molecule has 29 heavy (non-hydrogen) atoms. The zero-order valence-electron chi connectivity index (χ0n) is 16.9. The summed E-state index contributed by atoms with van der Waals surface area (Å²) < 4.78 is 23.5. The highest BCUT2D eigenvalue weighted by atomic mass is 16.5. The average Bonchev–Trinajstić information content (AvgIpc) is 2.78. The topological polar surface area (TPSA) is 36.9 Å². The van der Waals surface area contributed by atoms with Crippen LogP contribution >= 0.6 is 0 Å². The van der Waals surface area contributed by atoms with Gasteiger partial charge in [-0.3, -0.25) is 0 Å². The molecule has 0 aromatic heterocycles. The summed E-state index contributed by atoms with van der Waals surface area (Å²) in [5.74, 6) is 3.29. The molecule has 1 atom stereocenters. The minimum absolute atomic E-state index is 0.0579. The van der Waals surface area contributed by atoms with Gasteiger partial charge in [0.2, 0.25) is 0 Å². The lowest BCUT2D eigenvalue weighted by atomic mass is 9.96. The van der Waals surface area contributed by atoms with Gasteiger partial charge in [0, 0.05) is 17.7 Å². The van der Waals surface area contributed by atoms with E-state index in [-0.39, 0.29) is 6.10 Å². The summed E-state index contributed by atoms with van der Waals surface area (Å²) in [6.07, 6.45) is 1.80. The molecule has 4 heteroatoms. The number of methoxy groups -OCH3 is 1. The van der Waals surface area contributed by atoms with Crippen molar-refractivity contribution in [2.45, 2.75) is 32.5 Å². The van der Waals surface area contributed by atoms with Gasteiger partial charge in [0.1, 0.15) is 35.7 Å². The molecule has 150 valence electrons. The van der Waals surface area contributed by atoms with Crippen molar-refractivity contribution in [3.05, 3.63) is 83.4 Å². The van der Waals surface area contributed by atoms with Gasteiger partial charge in [-0.25, -0.2) is 0 Å². The summed E-state index contributed by atoms with van der Waals surface area (Å²) >= 11 is 0. The Morgan fingerprint density at radius 3 is 2.52 bits per heavy atom. The summed E-state index contributed by atoms with van der Waals surface area (Å²) in [5, 5.41) is 0. The van der Waals surface area contributed by atoms with Crippen molar-refractivity contribution in [2.24, 2.45) is 0 Å². The van der Waals surface area contributed by atoms with Crippen LogP contribution in [0, 0.1) is 0 Å². The Balaban J connectivity index is 1.50. The first-order chi connectivity index (χ1) is 14.3. The first kappa shape index (κ1) is 19.2. The molecular weight excluding hydrogens is 364 g/mol. The van der Waals surface area contributed by atoms with E-state index < -0.39 is 0 Å². The van der Waals surface area contributed by atoms with Crippen LogP contribution in [-0.2, 0) is 13.0 Å². The number of benzene rings is 3. The Morgan fingerprint density at radius 1 is 0.931 bits per heavy atom. The van der Waals surface area contributed by atoms with Gasteiger partial charge in [0.05, 0.1) is 13.7 Å². The van der Waals surface area contributed by atoms with E-state index in [2.05, 4.69) is 18.2 Å². The first-order valence-corrected chi connectivity index (χ1v) is 10.0. The largest absolute Gasteiger partial charge is 0.496 e. The van der Waals surface area contributed by atoms with E-state index in [0.717, 1.165) is 47.0 Å². The van der Waals surface area contributed by atoms with Crippen LogP contribution in [-0.4, -0.2) is 13.7 Å². The fourth-order valence-electron chi connectivity index (χ4n) is 3.61. The van der Waals surface area contributed by atoms with Crippen LogP contribution in [0.2, 0.25) is 0 Å². The van der Waals surface area contributed by atoms with E-state index in [0.29, 0.717) is 13.2 Å². The molecule has 1 unspecified atom stereocenters. The van der Waals surface area contributed by atoms with Gasteiger partial charge in [0.15, 0.2) is 0 Å². The molecule has 3 aromatic carbocycles. The third-order valence-electron chi connectivity index (χ3n) is 5.09. The molecule has 1 aliphatic rings. The molecule has 0 radical (unpaired) electrons. The molecule has 1 heterocycles. The monoisotopic (exact) mass is 390 g/mol. The van der Waals surface area contributed by atoms with Gasteiger partial charge in [-0.2, -0.15) is 0 Å². The van der Waals surface area contributed by atoms with Crippen molar-refractivity contribution in [3.63, 3.8) is 0 Å². The predicted molar refractivity (Wildman–Crippen MR) is 113 cm³/mol. The Morgan fingerprint density at radius 2 is 1.72 bits per heavy atom. The number of fused-ring (bicyclic) bond motifs is 1. The van der Waals surface area contributed by atoms with Crippen LogP contribution in [0.25, 0.3) is 0 Å². The summed E-state index contributed by atoms with van der Waals surface area (Å²) in [6, 6.07) is 22.2. The van der Waals surface area contributed by atoms with E-state index in [9.17, 15) is 0 Å². The highest BCUT2D eigenvalue weighted by Crippen LogP contribution is 2.40. The first-order valence-electron chi connectivity index (χ1n) is 10.0. The zero-order chi connectivity index (χ0) is 20.1. The Kier molecular flexibility index (Phi) is 5.89. The average molecular weight is 390 g/mol. The smallest absolute Gasteiger partial charge is 0.129 e. The standard InChI is InChI=1S/C25H26O4/c1-3-27-20-12-13-22(25(16-20)26-2)23-14-10-19-9-11-21(15-24(19)29-23)28-17-18-7-5-4-6-8-18/h4-9,11-13,15-16,23H,3,10,14,17H2,1-2H3. The molecule has 0 N–H and O–H groups in total. The van der Waals surface area contributed by atoms with Crippen LogP contribution in [0.4, 0.5) is 0 Å². The van der Waals surface area contributed by atoms with E-state index in [4.69, 9.17) is 18.9 Å². The lowest BCUT2D eigenvalue weighted by Gasteiger charge is -2.28. The van der Waals surface area contributed by atoms with Crippen LogP contribution in [0.15, 0.2) is 66.7 Å². The van der Waals surface area contributed by atoms with Crippen molar-refractivity contribution in [1.82, 2.24) is 0 Å². The minimum Gasteiger partial charge on any atom is -0.496 e. The third kappa shape index (κ3) is 4.48. The number of hydrogen-bond donors (Lipinski definition) is 0.